The Morgan fingerprint density at radius 1 is 1.14 bits per heavy atom. The van der Waals surface area contributed by atoms with Gasteiger partial charge in [0.2, 0.25) is 5.91 Å². The molecule has 1 unspecified atom stereocenters. The second-order valence-corrected chi connectivity index (χ2v) is 6.44. The zero-order chi connectivity index (χ0) is 14.8. The molecule has 2 aliphatic rings. The number of aryl methyl sites for hydroxylation is 1. The minimum atomic E-state index is 0.141. The molecule has 1 atom stereocenters. The Hall–Kier alpha value is -1.35. The molecule has 1 amide bonds. The van der Waals surface area contributed by atoms with Crippen LogP contribution in [0.1, 0.15) is 49.8 Å². The number of benzene rings is 1. The number of hydrogen-bond donors (Lipinski definition) is 1. The van der Waals surface area contributed by atoms with Gasteiger partial charge in [0.15, 0.2) is 0 Å². The van der Waals surface area contributed by atoms with Gasteiger partial charge in [0, 0.05) is 11.7 Å². The fourth-order valence-corrected chi connectivity index (χ4v) is 3.83. The van der Waals surface area contributed by atoms with Crippen molar-refractivity contribution in [2.75, 3.05) is 18.4 Å². The molecule has 1 aromatic carbocycles. The third-order valence-corrected chi connectivity index (χ3v) is 4.79. The number of anilines is 1. The highest BCUT2D eigenvalue weighted by Crippen LogP contribution is 2.32. The van der Waals surface area contributed by atoms with Crippen molar-refractivity contribution in [3.63, 3.8) is 0 Å². The molecule has 1 N–H and O–H groups in total. The number of rotatable bonds is 5. The maximum atomic E-state index is 11.5. The van der Waals surface area contributed by atoms with Crippen molar-refractivity contribution in [3.05, 3.63) is 28.8 Å². The van der Waals surface area contributed by atoms with Gasteiger partial charge in [0.25, 0.3) is 0 Å². The number of amides is 1. The number of fused-ring (bicyclic) bond motifs is 2. The van der Waals surface area contributed by atoms with Crippen LogP contribution in [0.25, 0.3) is 0 Å². The smallest absolute Gasteiger partial charge is 0.228 e. The van der Waals surface area contributed by atoms with E-state index in [9.17, 15) is 4.79 Å². The van der Waals surface area contributed by atoms with Gasteiger partial charge < -0.3 is 10.2 Å². The maximum absolute atomic E-state index is 11.5. The third-order valence-electron chi connectivity index (χ3n) is 4.79. The molecule has 0 aromatic heterocycles. The third kappa shape index (κ3) is 2.98. The minimum absolute atomic E-state index is 0.141. The normalized spacial score (nSPS) is 20.3. The van der Waals surface area contributed by atoms with Crippen LogP contribution in [-0.2, 0) is 24.1 Å². The predicted molar refractivity (Wildman–Crippen MR) is 86.7 cm³/mol. The van der Waals surface area contributed by atoms with Crippen LogP contribution in [0.15, 0.2) is 12.1 Å². The predicted octanol–water partition coefficient (Wildman–Crippen LogP) is 3.16. The lowest BCUT2D eigenvalue weighted by Gasteiger charge is -2.35. The summed E-state index contributed by atoms with van der Waals surface area (Å²) in [5.41, 5.74) is 5.16. The Morgan fingerprint density at radius 2 is 1.90 bits per heavy atom. The van der Waals surface area contributed by atoms with Crippen molar-refractivity contribution < 1.29 is 4.79 Å². The van der Waals surface area contributed by atoms with Crippen LogP contribution in [0.4, 0.5) is 5.69 Å². The van der Waals surface area contributed by atoms with Gasteiger partial charge in [0.05, 0.1) is 6.42 Å². The molecule has 1 aromatic rings. The number of hydrogen-bond acceptors (Lipinski definition) is 2. The minimum Gasteiger partial charge on any atom is -0.326 e. The van der Waals surface area contributed by atoms with E-state index in [0.717, 1.165) is 18.5 Å². The second kappa shape index (κ2) is 6.18. The van der Waals surface area contributed by atoms with Gasteiger partial charge in [-0.25, -0.2) is 0 Å². The molecule has 114 valence electrons. The van der Waals surface area contributed by atoms with Gasteiger partial charge in [-0.05, 0) is 68.0 Å². The summed E-state index contributed by atoms with van der Waals surface area (Å²) in [5, 5.41) is 2.97. The van der Waals surface area contributed by atoms with Crippen LogP contribution in [-0.4, -0.2) is 29.9 Å². The topological polar surface area (TPSA) is 32.3 Å². The Balaban J connectivity index is 1.79. The van der Waals surface area contributed by atoms with Crippen molar-refractivity contribution in [1.82, 2.24) is 4.90 Å². The van der Waals surface area contributed by atoms with Crippen LogP contribution in [0.3, 0.4) is 0 Å². The van der Waals surface area contributed by atoms with Crippen LogP contribution in [0.2, 0.25) is 0 Å². The van der Waals surface area contributed by atoms with Crippen LogP contribution < -0.4 is 5.32 Å². The molecule has 1 aliphatic carbocycles. The molecule has 1 heterocycles. The molecule has 3 rings (SSSR count). The average molecular weight is 286 g/mol. The summed E-state index contributed by atoms with van der Waals surface area (Å²) in [6.45, 7) is 6.95. The number of carbonyl (C=O) groups is 1. The molecule has 0 radical (unpaired) electrons. The highest BCUT2D eigenvalue weighted by molar-refractivity contribution is 5.99. The molecule has 21 heavy (non-hydrogen) atoms. The van der Waals surface area contributed by atoms with E-state index in [-0.39, 0.29) is 5.91 Å². The first-order chi connectivity index (χ1) is 10.2. The SMILES string of the molecule is CCCN(CCC)C1CCc2cc3c(cc2C1)CC(=O)N3. The number of nitrogens with zero attached hydrogens (tertiary/aromatic N) is 1. The van der Waals surface area contributed by atoms with Crippen LogP contribution >= 0.6 is 0 Å². The van der Waals surface area contributed by atoms with Crippen molar-refractivity contribution in [2.24, 2.45) is 0 Å². The summed E-state index contributed by atoms with van der Waals surface area (Å²) in [5.74, 6) is 0.141. The van der Waals surface area contributed by atoms with Crippen molar-refractivity contribution >= 4 is 11.6 Å². The Kier molecular flexibility index (Phi) is 4.29. The van der Waals surface area contributed by atoms with E-state index < -0.39 is 0 Å². The van der Waals surface area contributed by atoms with E-state index in [1.807, 2.05) is 0 Å². The Labute approximate surface area is 127 Å². The molecule has 3 nitrogen and oxygen atoms in total. The van der Waals surface area contributed by atoms with Crippen molar-refractivity contribution in [2.45, 2.75) is 58.4 Å². The first-order valence-electron chi connectivity index (χ1n) is 8.39. The van der Waals surface area contributed by atoms with E-state index in [1.54, 1.807) is 0 Å². The molecule has 3 heteroatoms. The van der Waals surface area contributed by atoms with Gasteiger partial charge in [-0.2, -0.15) is 0 Å². The number of nitrogens with one attached hydrogen (secondary N) is 1. The summed E-state index contributed by atoms with van der Waals surface area (Å²) in [7, 11) is 0. The first kappa shape index (κ1) is 14.6. The summed E-state index contributed by atoms with van der Waals surface area (Å²) < 4.78 is 0. The summed E-state index contributed by atoms with van der Waals surface area (Å²) in [4.78, 5) is 14.2. The largest absolute Gasteiger partial charge is 0.326 e. The fraction of sp³-hybridized carbons (Fsp3) is 0.611. The second-order valence-electron chi connectivity index (χ2n) is 6.44. The van der Waals surface area contributed by atoms with E-state index in [4.69, 9.17) is 0 Å². The Morgan fingerprint density at radius 3 is 2.62 bits per heavy atom. The standard InChI is InChI=1S/C18H26N2O/c1-3-7-20(8-4-2)16-6-5-13-11-17-15(9-14(13)10-16)12-18(21)19-17/h9,11,16H,3-8,10,12H2,1-2H3,(H,19,21). The fourth-order valence-electron chi connectivity index (χ4n) is 3.83. The molecule has 0 bridgehead atoms. The molecular formula is C18H26N2O. The summed E-state index contributed by atoms with van der Waals surface area (Å²) >= 11 is 0. The van der Waals surface area contributed by atoms with Crippen LogP contribution in [0, 0.1) is 0 Å². The highest BCUT2D eigenvalue weighted by atomic mass is 16.1. The average Bonchev–Trinajstić information content (AvgIpc) is 2.83. The molecular weight excluding hydrogens is 260 g/mol. The van der Waals surface area contributed by atoms with Gasteiger partial charge in [-0.15, -0.1) is 0 Å². The van der Waals surface area contributed by atoms with Gasteiger partial charge >= 0.3 is 0 Å². The molecule has 0 saturated heterocycles. The monoisotopic (exact) mass is 286 g/mol. The highest BCUT2D eigenvalue weighted by Gasteiger charge is 2.26. The van der Waals surface area contributed by atoms with Gasteiger partial charge in [-0.3, -0.25) is 4.79 Å². The van der Waals surface area contributed by atoms with Crippen LogP contribution in [0.5, 0.6) is 0 Å². The quantitative estimate of drug-likeness (QED) is 0.902. The van der Waals surface area contributed by atoms with E-state index >= 15 is 0 Å². The molecule has 0 fully saturated rings. The maximum Gasteiger partial charge on any atom is 0.228 e. The van der Waals surface area contributed by atoms with Gasteiger partial charge in [-0.1, -0.05) is 19.9 Å². The molecule has 0 saturated carbocycles. The van der Waals surface area contributed by atoms with Crippen molar-refractivity contribution in [3.8, 4) is 0 Å². The lowest BCUT2D eigenvalue weighted by Crippen LogP contribution is -2.40. The zero-order valence-electron chi connectivity index (χ0n) is 13.2. The molecule has 0 spiro atoms. The van der Waals surface area contributed by atoms with E-state index in [2.05, 4.69) is 36.2 Å². The van der Waals surface area contributed by atoms with E-state index in [0.29, 0.717) is 12.5 Å². The lowest BCUT2D eigenvalue weighted by atomic mass is 9.85. The first-order valence-corrected chi connectivity index (χ1v) is 8.39. The summed E-state index contributed by atoms with van der Waals surface area (Å²) in [6.07, 6.45) is 6.56. The summed E-state index contributed by atoms with van der Waals surface area (Å²) in [6, 6.07) is 5.18. The van der Waals surface area contributed by atoms with E-state index in [1.165, 1.54) is 49.0 Å². The molecule has 1 aliphatic heterocycles. The van der Waals surface area contributed by atoms with Crippen molar-refractivity contribution in [1.29, 1.82) is 0 Å². The lowest BCUT2D eigenvalue weighted by molar-refractivity contribution is -0.115. The number of carbonyl (C=O) groups excluding carboxylic acids is 1. The Bertz CT molecular complexity index is 532. The van der Waals surface area contributed by atoms with Gasteiger partial charge in [0.1, 0.15) is 0 Å². The zero-order valence-corrected chi connectivity index (χ0v) is 13.2.